The molecular formula is C12H21N3. The zero-order chi connectivity index (χ0) is 11.1. The number of hydrogen-bond acceptors (Lipinski definition) is 3. The smallest absolute Gasteiger partial charge is 0.0724 e. The van der Waals surface area contributed by atoms with Crippen molar-refractivity contribution in [2.75, 3.05) is 6.54 Å². The van der Waals surface area contributed by atoms with E-state index in [2.05, 4.69) is 29.1 Å². The summed E-state index contributed by atoms with van der Waals surface area (Å²) in [6, 6.07) is 0. The molecule has 1 aromatic rings. The predicted octanol–water partition coefficient (Wildman–Crippen LogP) is 2.31. The number of aromatic nitrogens is 2. The van der Waals surface area contributed by atoms with Crippen LogP contribution >= 0.6 is 0 Å². The van der Waals surface area contributed by atoms with Gasteiger partial charge in [0.05, 0.1) is 11.4 Å². The fraction of sp³-hybridized carbons (Fsp3) is 0.667. The Labute approximate surface area is 92.3 Å². The molecule has 0 radical (unpaired) electrons. The van der Waals surface area contributed by atoms with Crippen molar-refractivity contribution in [1.82, 2.24) is 15.3 Å². The molecule has 0 saturated heterocycles. The molecule has 0 saturated carbocycles. The highest BCUT2D eigenvalue weighted by atomic mass is 14.9. The minimum absolute atomic E-state index is 0.744. The predicted molar refractivity (Wildman–Crippen MR) is 62.5 cm³/mol. The Morgan fingerprint density at radius 1 is 1.33 bits per heavy atom. The van der Waals surface area contributed by atoms with E-state index < -0.39 is 0 Å². The van der Waals surface area contributed by atoms with Gasteiger partial charge in [-0.15, -0.1) is 0 Å². The van der Waals surface area contributed by atoms with Crippen LogP contribution in [0.25, 0.3) is 0 Å². The standard InChI is InChI=1S/C12H21N3/c1-4-5-10(2)6-13-8-12-9-14-11(3)7-15-12/h7,9-10,13H,4-6,8H2,1-3H3. The summed E-state index contributed by atoms with van der Waals surface area (Å²) in [6.45, 7) is 8.33. The molecule has 1 rings (SSSR count). The van der Waals surface area contributed by atoms with E-state index >= 15 is 0 Å². The zero-order valence-corrected chi connectivity index (χ0v) is 9.95. The summed E-state index contributed by atoms with van der Waals surface area (Å²) in [6.07, 6.45) is 6.19. The Kier molecular flexibility index (Phi) is 5.26. The summed E-state index contributed by atoms with van der Waals surface area (Å²) in [5, 5.41) is 3.40. The first-order valence-electron chi connectivity index (χ1n) is 5.70. The number of aryl methyl sites for hydroxylation is 1. The first-order chi connectivity index (χ1) is 7.22. The first-order valence-corrected chi connectivity index (χ1v) is 5.70. The Morgan fingerprint density at radius 3 is 2.73 bits per heavy atom. The SMILES string of the molecule is CCCC(C)CNCc1cnc(C)cn1. The number of rotatable bonds is 6. The molecule has 3 heteroatoms. The number of hydrogen-bond donors (Lipinski definition) is 1. The Morgan fingerprint density at radius 2 is 2.13 bits per heavy atom. The van der Waals surface area contributed by atoms with Gasteiger partial charge in [0.15, 0.2) is 0 Å². The van der Waals surface area contributed by atoms with Gasteiger partial charge in [-0.1, -0.05) is 20.3 Å². The summed E-state index contributed by atoms with van der Waals surface area (Å²) >= 11 is 0. The first kappa shape index (κ1) is 12.1. The maximum Gasteiger partial charge on any atom is 0.0724 e. The second kappa shape index (κ2) is 6.51. The molecule has 0 fully saturated rings. The third kappa shape index (κ3) is 4.88. The summed E-state index contributed by atoms with van der Waals surface area (Å²) in [5.41, 5.74) is 1.99. The molecular weight excluding hydrogens is 186 g/mol. The molecule has 1 heterocycles. The van der Waals surface area contributed by atoms with Gasteiger partial charge in [0.25, 0.3) is 0 Å². The molecule has 1 N–H and O–H groups in total. The molecule has 0 aliphatic heterocycles. The highest BCUT2D eigenvalue weighted by Gasteiger charge is 2.00. The topological polar surface area (TPSA) is 37.8 Å². The molecule has 1 aromatic heterocycles. The molecule has 0 amide bonds. The third-order valence-corrected chi connectivity index (χ3v) is 2.41. The van der Waals surface area contributed by atoms with Crippen molar-refractivity contribution in [2.24, 2.45) is 5.92 Å². The lowest BCUT2D eigenvalue weighted by atomic mass is 10.1. The van der Waals surface area contributed by atoms with Crippen molar-refractivity contribution in [1.29, 1.82) is 0 Å². The fourth-order valence-corrected chi connectivity index (χ4v) is 1.55. The molecule has 1 atom stereocenters. The van der Waals surface area contributed by atoms with E-state index in [1.807, 2.05) is 19.3 Å². The van der Waals surface area contributed by atoms with Crippen molar-refractivity contribution >= 4 is 0 Å². The summed E-state index contributed by atoms with van der Waals surface area (Å²) in [4.78, 5) is 8.51. The van der Waals surface area contributed by atoms with Crippen LogP contribution in [0.1, 0.15) is 38.1 Å². The monoisotopic (exact) mass is 207 g/mol. The van der Waals surface area contributed by atoms with Crippen LogP contribution in [0.4, 0.5) is 0 Å². The highest BCUT2D eigenvalue weighted by Crippen LogP contribution is 2.03. The summed E-state index contributed by atoms with van der Waals surface area (Å²) in [5.74, 6) is 0.744. The average molecular weight is 207 g/mol. The van der Waals surface area contributed by atoms with Crippen molar-refractivity contribution in [2.45, 2.75) is 40.2 Å². The second-order valence-corrected chi connectivity index (χ2v) is 4.17. The lowest BCUT2D eigenvalue weighted by Gasteiger charge is -2.10. The lowest BCUT2D eigenvalue weighted by Crippen LogP contribution is -2.21. The van der Waals surface area contributed by atoms with Crippen LogP contribution in [0.15, 0.2) is 12.4 Å². The minimum atomic E-state index is 0.744. The Balaban J connectivity index is 2.22. The van der Waals surface area contributed by atoms with Crippen molar-refractivity contribution in [3.63, 3.8) is 0 Å². The Bertz CT molecular complexity index is 269. The van der Waals surface area contributed by atoms with Crippen LogP contribution in [0.3, 0.4) is 0 Å². The van der Waals surface area contributed by atoms with Gasteiger partial charge in [-0.2, -0.15) is 0 Å². The van der Waals surface area contributed by atoms with Crippen molar-refractivity contribution < 1.29 is 0 Å². The van der Waals surface area contributed by atoms with Gasteiger partial charge in [-0.25, -0.2) is 0 Å². The van der Waals surface area contributed by atoms with Crippen LogP contribution in [0.5, 0.6) is 0 Å². The van der Waals surface area contributed by atoms with Crippen LogP contribution in [-0.2, 0) is 6.54 Å². The molecule has 84 valence electrons. The van der Waals surface area contributed by atoms with E-state index in [-0.39, 0.29) is 0 Å². The third-order valence-electron chi connectivity index (χ3n) is 2.41. The van der Waals surface area contributed by atoms with E-state index in [0.29, 0.717) is 0 Å². The number of nitrogens with zero attached hydrogens (tertiary/aromatic N) is 2. The molecule has 15 heavy (non-hydrogen) atoms. The highest BCUT2D eigenvalue weighted by molar-refractivity contribution is 5.00. The van der Waals surface area contributed by atoms with Gasteiger partial charge in [-0.05, 0) is 25.8 Å². The fourth-order valence-electron chi connectivity index (χ4n) is 1.55. The quantitative estimate of drug-likeness (QED) is 0.778. The van der Waals surface area contributed by atoms with Gasteiger partial charge in [0.2, 0.25) is 0 Å². The zero-order valence-electron chi connectivity index (χ0n) is 9.95. The molecule has 0 aromatic carbocycles. The molecule has 0 aliphatic carbocycles. The second-order valence-electron chi connectivity index (χ2n) is 4.17. The largest absolute Gasteiger partial charge is 0.311 e. The Hall–Kier alpha value is -0.960. The van der Waals surface area contributed by atoms with E-state index in [1.54, 1.807) is 0 Å². The van der Waals surface area contributed by atoms with Crippen molar-refractivity contribution in [3.8, 4) is 0 Å². The summed E-state index contributed by atoms with van der Waals surface area (Å²) in [7, 11) is 0. The molecule has 0 spiro atoms. The van der Waals surface area contributed by atoms with Crippen LogP contribution in [0.2, 0.25) is 0 Å². The van der Waals surface area contributed by atoms with Gasteiger partial charge < -0.3 is 5.32 Å². The van der Waals surface area contributed by atoms with Crippen LogP contribution in [-0.4, -0.2) is 16.5 Å². The average Bonchev–Trinajstić information content (AvgIpc) is 2.21. The van der Waals surface area contributed by atoms with Gasteiger partial charge in [0, 0.05) is 18.9 Å². The van der Waals surface area contributed by atoms with E-state index in [4.69, 9.17) is 0 Å². The van der Waals surface area contributed by atoms with Crippen LogP contribution < -0.4 is 5.32 Å². The van der Waals surface area contributed by atoms with Crippen molar-refractivity contribution in [3.05, 3.63) is 23.8 Å². The van der Waals surface area contributed by atoms with E-state index in [0.717, 1.165) is 30.4 Å². The van der Waals surface area contributed by atoms with E-state index in [1.165, 1.54) is 12.8 Å². The maximum atomic E-state index is 4.30. The van der Waals surface area contributed by atoms with Gasteiger partial charge >= 0.3 is 0 Å². The normalized spacial score (nSPS) is 12.7. The number of nitrogens with one attached hydrogen (secondary N) is 1. The molecule has 1 unspecified atom stereocenters. The minimum Gasteiger partial charge on any atom is -0.311 e. The van der Waals surface area contributed by atoms with Gasteiger partial charge in [0.1, 0.15) is 0 Å². The maximum absolute atomic E-state index is 4.30. The molecule has 0 bridgehead atoms. The molecule has 0 aliphatic rings. The summed E-state index contributed by atoms with van der Waals surface area (Å²) < 4.78 is 0. The van der Waals surface area contributed by atoms with Crippen LogP contribution in [0, 0.1) is 12.8 Å². The van der Waals surface area contributed by atoms with Gasteiger partial charge in [-0.3, -0.25) is 9.97 Å². The van der Waals surface area contributed by atoms with E-state index in [9.17, 15) is 0 Å². The lowest BCUT2D eigenvalue weighted by molar-refractivity contribution is 0.473. The molecule has 3 nitrogen and oxygen atoms in total.